The van der Waals surface area contributed by atoms with Crippen molar-refractivity contribution in [2.75, 3.05) is 20.6 Å². The average molecular weight is 216 g/mol. The second-order valence-corrected chi connectivity index (χ2v) is 3.70. The molecule has 1 amide bonds. The van der Waals surface area contributed by atoms with Crippen molar-refractivity contribution < 1.29 is 14.7 Å². The first-order valence-corrected chi connectivity index (χ1v) is 5.15. The van der Waals surface area contributed by atoms with Crippen LogP contribution in [-0.2, 0) is 9.59 Å². The number of amides is 1. The molecule has 0 fully saturated rings. The molecule has 1 atom stereocenters. The number of hydrogen-bond acceptors (Lipinski definition) is 3. The van der Waals surface area contributed by atoms with Crippen molar-refractivity contribution >= 4 is 11.9 Å². The second-order valence-electron chi connectivity index (χ2n) is 3.70. The summed E-state index contributed by atoms with van der Waals surface area (Å²) in [6, 6.07) is -0.617. The Morgan fingerprint density at radius 1 is 1.40 bits per heavy atom. The lowest BCUT2D eigenvalue weighted by Crippen LogP contribution is -2.42. The van der Waals surface area contributed by atoms with E-state index in [1.807, 2.05) is 6.92 Å². The van der Waals surface area contributed by atoms with Gasteiger partial charge in [-0.2, -0.15) is 0 Å². The van der Waals surface area contributed by atoms with Crippen LogP contribution in [0.25, 0.3) is 0 Å². The highest BCUT2D eigenvalue weighted by Gasteiger charge is 2.17. The van der Waals surface area contributed by atoms with Crippen molar-refractivity contribution in [1.82, 2.24) is 10.2 Å². The number of carboxylic acids is 1. The molecule has 0 aliphatic heterocycles. The highest BCUT2D eigenvalue weighted by molar-refractivity contribution is 5.79. The van der Waals surface area contributed by atoms with Crippen LogP contribution >= 0.6 is 0 Å². The molecule has 5 nitrogen and oxygen atoms in total. The summed E-state index contributed by atoms with van der Waals surface area (Å²) in [4.78, 5) is 23.5. The lowest BCUT2D eigenvalue weighted by molar-refractivity contribution is -0.139. The number of likely N-dealkylation sites (N-methyl/N-ethyl adjacent to an activating group) is 1. The molecule has 0 bridgehead atoms. The second kappa shape index (κ2) is 7.23. The molecule has 88 valence electrons. The molecule has 0 saturated heterocycles. The van der Waals surface area contributed by atoms with Gasteiger partial charge in [0.2, 0.25) is 5.91 Å². The zero-order valence-electron chi connectivity index (χ0n) is 9.62. The summed E-state index contributed by atoms with van der Waals surface area (Å²) in [6.45, 7) is 2.08. The Hall–Kier alpha value is -1.10. The summed E-state index contributed by atoms with van der Waals surface area (Å²) in [5, 5.41) is 11.6. The third kappa shape index (κ3) is 6.06. The zero-order valence-corrected chi connectivity index (χ0v) is 9.62. The molecule has 0 radical (unpaired) electrons. The van der Waals surface area contributed by atoms with Crippen LogP contribution in [0, 0.1) is 0 Å². The van der Waals surface area contributed by atoms with Gasteiger partial charge >= 0.3 is 5.97 Å². The summed E-state index contributed by atoms with van der Waals surface area (Å²) in [7, 11) is 3.29. The van der Waals surface area contributed by atoms with Gasteiger partial charge in [-0.1, -0.05) is 19.8 Å². The fourth-order valence-electron chi connectivity index (χ4n) is 1.09. The Bertz CT molecular complexity index is 217. The van der Waals surface area contributed by atoms with Crippen molar-refractivity contribution in [2.45, 2.75) is 32.2 Å². The van der Waals surface area contributed by atoms with Gasteiger partial charge in [-0.25, -0.2) is 0 Å². The number of unbranched alkanes of at least 4 members (excludes halogenated alkanes) is 1. The summed E-state index contributed by atoms with van der Waals surface area (Å²) >= 11 is 0. The smallest absolute Gasteiger partial charge is 0.320 e. The standard InChI is InChI=1S/C10H20N2O3/c1-4-5-6-8(10(14)15)11-7-9(13)12(2)3/h8,11H,4-7H2,1-3H3,(H,14,15). The fourth-order valence-corrected chi connectivity index (χ4v) is 1.09. The zero-order chi connectivity index (χ0) is 11.8. The summed E-state index contributed by atoms with van der Waals surface area (Å²) < 4.78 is 0. The molecule has 0 saturated carbocycles. The Balaban J connectivity index is 3.96. The minimum atomic E-state index is -0.894. The number of carboxylic acid groups (broad SMARTS) is 1. The minimum Gasteiger partial charge on any atom is -0.480 e. The van der Waals surface area contributed by atoms with Crippen molar-refractivity contribution in [3.8, 4) is 0 Å². The molecule has 5 heteroatoms. The number of aliphatic carboxylic acids is 1. The van der Waals surface area contributed by atoms with Crippen molar-refractivity contribution in [2.24, 2.45) is 0 Å². The molecule has 0 aliphatic rings. The van der Waals surface area contributed by atoms with Crippen LogP contribution in [0.15, 0.2) is 0 Å². The lowest BCUT2D eigenvalue weighted by atomic mass is 10.1. The first kappa shape index (κ1) is 13.9. The molecule has 0 rings (SSSR count). The topological polar surface area (TPSA) is 69.6 Å². The molecule has 0 aromatic heterocycles. The Morgan fingerprint density at radius 3 is 2.40 bits per heavy atom. The Kier molecular flexibility index (Phi) is 6.70. The van der Waals surface area contributed by atoms with Crippen LogP contribution in [0.1, 0.15) is 26.2 Å². The maximum atomic E-state index is 11.2. The van der Waals surface area contributed by atoms with Crippen molar-refractivity contribution in [3.05, 3.63) is 0 Å². The molecule has 0 heterocycles. The summed E-state index contributed by atoms with van der Waals surface area (Å²) in [6.07, 6.45) is 2.36. The highest BCUT2D eigenvalue weighted by Crippen LogP contribution is 2.00. The Labute approximate surface area is 90.5 Å². The number of carbonyl (C=O) groups excluding carboxylic acids is 1. The molecule has 0 spiro atoms. The number of carbonyl (C=O) groups is 2. The SMILES string of the molecule is CCCCC(NCC(=O)N(C)C)C(=O)O. The van der Waals surface area contributed by atoms with Crippen LogP contribution < -0.4 is 5.32 Å². The van der Waals surface area contributed by atoms with Gasteiger partial charge in [0.15, 0.2) is 0 Å². The number of rotatable bonds is 7. The predicted molar refractivity (Wildman–Crippen MR) is 57.6 cm³/mol. The van der Waals surface area contributed by atoms with E-state index in [2.05, 4.69) is 5.32 Å². The molecule has 0 aromatic rings. The molecule has 0 aromatic carbocycles. The number of hydrogen-bond donors (Lipinski definition) is 2. The quantitative estimate of drug-likeness (QED) is 0.642. The number of nitrogens with zero attached hydrogens (tertiary/aromatic N) is 1. The van der Waals surface area contributed by atoms with E-state index in [-0.39, 0.29) is 12.5 Å². The first-order valence-electron chi connectivity index (χ1n) is 5.15. The summed E-state index contributed by atoms with van der Waals surface area (Å²) in [5.41, 5.74) is 0. The average Bonchev–Trinajstić information content (AvgIpc) is 2.16. The molecule has 1 unspecified atom stereocenters. The molecule has 2 N–H and O–H groups in total. The van der Waals surface area contributed by atoms with Gasteiger partial charge in [-0.05, 0) is 6.42 Å². The van der Waals surface area contributed by atoms with E-state index in [1.165, 1.54) is 4.90 Å². The first-order chi connectivity index (χ1) is 6.99. The van der Waals surface area contributed by atoms with Gasteiger partial charge in [0.25, 0.3) is 0 Å². The minimum absolute atomic E-state index is 0.0771. The molecule has 15 heavy (non-hydrogen) atoms. The van der Waals surface area contributed by atoms with Crippen molar-refractivity contribution in [3.63, 3.8) is 0 Å². The molecular weight excluding hydrogens is 196 g/mol. The normalized spacial score (nSPS) is 12.2. The van der Waals surface area contributed by atoms with Crippen molar-refractivity contribution in [1.29, 1.82) is 0 Å². The summed E-state index contributed by atoms with van der Waals surface area (Å²) in [5.74, 6) is -1.01. The van der Waals surface area contributed by atoms with Gasteiger partial charge in [0.1, 0.15) is 6.04 Å². The third-order valence-electron chi connectivity index (χ3n) is 2.14. The van der Waals surface area contributed by atoms with E-state index in [0.29, 0.717) is 6.42 Å². The molecule has 0 aliphatic carbocycles. The monoisotopic (exact) mass is 216 g/mol. The largest absolute Gasteiger partial charge is 0.480 e. The van der Waals surface area contributed by atoms with Crippen LogP contribution in [0.3, 0.4) is 0 Å². The molecular formula is C10H20N2O3. The van der Waals surface area contributed by atoms with Gasteiger partial charge in [-0.15, -0.1) is 0 Å². The van der Waals surface area contributed by atoms with Crippen LogP contribution in [-0.4, -0.2) is 48.6 Å². The maximum absolute atomic E-state index is 11.2. The highest BCUT2D eigenvalue weighted by atomic mass is 16.4. The van der Waals surface area contributed by atoms with E-state index in [4.69, 9.17) is 5.11 Å². The van der Waals surface area contributed by atoms with E-state index >= 15 is 0 Å². The fraction of sp³-hybridized carbons (Fsp3) is 0.800. The van der Waals surface area contributed by atoms with Gasteiger partial charge < -0.3 is 10.0 Å². The maximum Gasteiger partial charge on any atom is 0.320 e. The van der Waals surface area contributed by atoms with E-state index in [0.717, 1.165) is 12.8 Å². The van der Waals surface area contributed by atoms with Crippen LogP contribution in [0.4, 0.5) is 0 Å². The van der Waals surface area contributed by atoms with Crippen LogP contribution in [0.5, 0.6) is 0 Å². The van der Waals surface area contributed by atoms with E-state index in [9.17, 15) is 9.59 Å². The Morgan fingerprint density at radius 2 is 2.00 bits per heavy atom. The van der Waals surface area contributed by atoms with Gasteiger partial charge in [0.05, 0.1) is 6.54 Å². The van der Waals surface area contributed by atoms with Gasteiger partial charge in [0, 0.05) is 14.1 Å². The number of nitrogens with one attached hydrogen (secondary N) is 1. The van der Waals surface area contributed by atoms with E-state index in [1.54, 1.807) is 14.1 Å². The van der Waals surface area contributed by atoms with Crippen LogP contribution in [0.2, 0.25) is 0 Å². The van der Waals surface area contributed by atoms with Gasteiger partial charge in [-0.3, -0.25) is 14.9 Å². The third-order valence-corrected chi connectivity index (χ3v) is 2.14. The predicted octanol–water partition coefficient (Wildman–Crippen LogP) is 0.308. The lowest BCUT2D eigenvalue weighted by Gasteiger charge is -2.15. The van der Waals surface area contributed by atoms with E-state index < -0.39 is 12.0 Å².